The summed E-state index contributed by atoms with van der Waals surface area (Å²) in [6.45, 7) is 3.82. The lowest BCUT2D eigenvalue weighted by molar-refractivity contribution is 0.0633. The number of aliphatic hydroxyl groups is 1. The number of carbonyl (C=O) groups is 1. The summed E-state index contributed by atoms with van der Waals surface area (Å²) in [5.41, 5.74) is 0.433. The molecule has 0 aromatic heterocycles. The quantitative estimate of drug-likeness (QED) is 0.291. The Morgan fingerprint density at radius 2 is 1.27 bits per heavy atom. The number of hydrogen-bond donors (Lipinski definition) is 2. The van der Waals surface area contributed by atoms with Crippen LogP contribution in [0.4, 0.5) is 0 Å². The number of ketones is 1. The van der Waals surface area contributed by atoms with Crippen LogP contribution in [0, 0.1) is 5.92 Å². The van der Waals surface area contributed by atoms with Gasteiger partial charge in [0.05, 0.1) is 0 Å². The summed E-state index contributed by atoms with van der Waals surface area (Å²) in [4.78, 5) is 13.3. The highest BCUT2D eigenvalue weighted by Gasteiger charge is 2.37. The Morgan fingerprint density at radius 1 is 0.758 bits per heavy atom. The standard InChI is InChI=1S/C28H28NO3P/c1-20(2)26(28(31)27(30)23-18-17-21-11-9-10-12-22(21)19-23)29-33(32,24-13-5-3-6-14-24)25-15-7-4-8-16-25/h3-20,26,28,31H,1-2H3,(H,29,32)/t26-,28-/m1/s1. The molecule has 0 unspecified atom stereocenters. The minimum absolute atomic E-state index is 0.148. The van der Waals surface area contributed by atoms with Gasteiger partial charge in [-0.2, -0.15) is 0 Å². The Morgan fingerprint density at radius 3 is 1.82 bits per heavy atom. The number of Topliss-reactive ketones (excluding diaryl/α,β-unsaturated/α-hetero) is 1. The van der Waals surface area contributed by atoms with E-state index in [4.69, 9.17) is 0 Å². The van der Waals surface area contributed by atoms with E-state index in [1.165, 1.54) is 0 Å². The molecule has 0 aliphatic heterocycles. The molecule has 4 nitrogen and oxygen atoms in total. The summed E-state index contributed by atoms with van der Waals surface area (Å²) in [6.07, 6.45) is -1.35. The number of benzene rings is 4. The van der Waals surface area contributed by atoms with Gasteiger partial charge in [-0.1, -0.05) is 86.6 Å². The summed E-state index contributed by atoms with van der Waals surface area (Å²) in [5.74, 6) is -0.537. The monoisotopic (exact) mass is 457 g/mol. The molecule has 5 heteroatoms. The van der Waals surface area contributed by atoms with E-state index >= 15 is 0 Å². The van der Waals surface area contributed by atoms with Crippen LogP contribution in [0.15, 0.2) is 103 Å². The van der Waals surface area contributed by atoms with Crippen LogP contribution in [-0.4, -0.2) is 23.0 Å². The summed E-state index contributed by atoms with van der Waals surface area (Å²) in [6, 6.07) is 30.9. The van der Waals surface area contributed by atoms with Gasteiger partial charge in [0.1, 0.15) is 6.10 Å². The molecular formula is C28H28NO3P. The molecule has 0 fully saturated rings. The first-order chi connectivity index (χ1) is 15.9. The highest BCUT2D eigenvalue weighted by atomic mass is 31.2. The van der Waals surface area contributed by atoms with Crippen molar-refractivity contribution in [2.45, 2.75) is 26.0 Å². The Bertz CT molecular complexity index is 1240. The van der Waals surface area contributed by atoms with Crippen LogP contribution in [0.3, 0.4) is 0 Å². The lowest BCUT2D eigenvalue weighted by atomic mass is 9.93. The third-order valence-corrected chi connectivity index (χ3v) is 8.64. The molecule has 0 spiro atoms. The molecule has 33 heavy (non-hydrogen) atoms. The Balaban J connectivity index is 1.70. The van der Waals surface area contributed by atoms with Crippen molar-refractivity contribution in [3.05, 3.63) is 109 Å². The van der Waals surface area contributed by atoms with Crippen LogP contribution in [0.1, 0.15) is 24.2 Å². The Kier molecular flexibility index (Phi) is 6.90. The SMILES string of the molecule is CC(C)[C@@H](NP(=O)(c1ccccc1)c1ccccc1)[C@@H](O)C(=O)c1ccc2ccccc2c1. The van der Waals surface area contributed by atoms with Gasteiger partial charge in [0, 0.05) is 22.2 Å². The number of rotatable bonds is 8. The zero-order chi connectivity index (χ0) is 23.4. The van der Waals surface area contributed by atoms with Crippen LogP contribution < -0.4 is 15.7 Å². The van der Waals surface area contributed by atoms with E-state index in [-0.39, 0.29) is 11.7 Å². The van der Waals surface area contributed by atoms with Crippen LogP contribution in [0.25, 0.3) is 10.8 Å². The largest absolute Gasteiger partial charge is 0.383 e. The number of fused-ring (bicyclic) bond motifs is 1. The fraction of sp³-hybridized carbons (Fsp3) is 0.179. The molecule has 4 aromatic rings. The van der Waals surface area contributed by atoms with E-state index in [0.29, 0.717) is 16.2 Å². The van der Waals surface area contributed by atoms with Crippen molar-refractivity contribution in [1.29, 1.82) is 0 Å². The zero-order valence-corrected chi connectivity index (χ0v) is 19.7. The predicted octanol–water partition coefficient (Wildman–Crippen LogP) is 4.93. The van der Waals surface area contributed by atoms with Gasteiger partial charge < -0.3 is 5.11 Å². The zero-order valence-electron chi connectivity index (χ0n) is 18.8. The van der Waals surface area contributed by atoms with E-state index in [1.807, 2.05) is 105 Å². The van der Waals surface area contributed by atoms with Gasteiger partial charge in [-0.25, -0.2) is 0 Å². The third-order valence-electron chi connectivity index (χ3n) is 5.93. The molecule has 0 saturated carbocycles. The smallest absolute Gasteiger partial charge is 0.204 e. The van der Waals surface area contributed by atoms with Gasteiger partial charge in [0.2, 0.25) is 7.29 Å². The molecule has 4 aromatic carbocycles. The molecule has 4 rings (SSSR count). The molecule has 168 valence electrons. The maximum Gasteiger partial charge on any atom is 0.204 e. The molecule has 0 bridgehead atoms. The predicted molar refractivity (Wildman–Crippen MR) is 136 cm³/mol. The van der Waals surface area contributed by atoms with Crippen molar-refractivity contribution in [2.24, 2.45) is 5.92 Å². The Hall–Kier alpha value is -3.04. The number of nitrogens with one attached hydrogen (secondary N) is 1. The second-order valence-electron chi connectivity index (χ2n) is 8.55. The lowest BCUT2D eigenvalue weighted by Gasteiger charge is -2.32. The van der Waals surface area contributed by atoms with Gasteiger partial charge in [0.25, 0.3) is 0 Å². The fourth-order valence-electron chi connectivity index (χ4n) is 4.04. The molecule has 0 heterocycles. The molecule has 0 radical (unpaired) electrons. The first-order valence-electron chi connectivity index (χ1n) is 11.1. The lowest BCUT2D eigenvalue weighted by Crippen LogP contribution is -2.48. The molecule has 0 amide bonds. The number of carbonyl (C=O) groups excluding carboxylic acids is 1. The molecule has 0 saturated heterocycles. The minimum Gasteiger partial charge on any atom is -0.383 e. The van der Waals surface area contributed by atoms with Crippen LogP contribution in [-0.2, 0) is 4.57 Å². The van der Waals surface area contributed by atoms with Crippen molar-refractivity contribution in [3.63, 3.8) is 0 Å². The van der Waals surface area contributed by atoms with Crippen LogP contribution >= 0.6 is 7.29 Å². The minimum atomic E-state index is -3.32. The summed E-state index contributed by atoms with van der Waals surface area (Å²) >= 11 is 0. The fourth-order valence-corrected chi connectivity index (χ4v) is 6.68. The summed E-state index contributed by atoms with van der Waals surface area (Å²) in [7, 11) is -3.32. The van der Waals surface area contributed by atoms with Gasteiger partial charge in [-0.05, 0) is 47.0 Å². The van der Waals surface area contributed by atoms with Crippen molar-refractivity contribution < 1.29 is 14.5 Å². The highest BCUT2D eigenvalue weighted by molar-refractivity contribution is 7.76. The average molecular weight is 458 g/mol. The van der Waals surface area contributed by atoms with E-state index in [2.05, 4.69) is 5.09 Å². The molecule has 2 atom stereocenters. The molecule has 0 aliphatic carbocycles. The van der Waals surface area contributed by atoms with Crippen molar-refractivity contribution in [1.82, 2.24) is 5.09 Å². The molecule has 0 aliphatic rings. The van der Waals surface area contributed by atoms with Crippen LogP contribution in [0.5, 0.6) is 0 Å². The molecule has 2 N–H and O–H groups in total. The van der Waals surface area contributed by atoms with Gasteiger partial charge in [0.15, 0.2) is 5.78 Å². The van der Waals surface area contributed by atoms with E-state index < -0.39 is 19.4 Å². The van der Waals surface area contributed by atoms with Gasteiger partial charge in [-0.15, -0.1) is 0 Å². The first kappa shape index (κ1) is 23.1. The third kappa shape index (κ3) is 4.84. The second kappa shape index (κ2) is 9.84. The first-order valence-corrected chi connectivity index (χ1v) is 12.8. The maximum atomic E-state index is 14.4. The highest BCUT2D eigenvalue weighted by Crippen LogP contribution is 2.40. The van der Waals surface area contributed by atoms with E-state index in [1.54, 1.807) is 12.1 Å². The average Bonchev–Trinajstić information content (AvgIpc) is 2.87. The van der Waals surface area contributed by atoms with Gasteiger partial charge >= 0.3 is 0 Å². The number of aliphatic hydroxyl groups excluding tert-OH is 1. The Labute approximate surface area is 194 Å². The normalized spacial score (nSPS) is 13.7. The van der Waals surface area contributed by atoms with Gasteiger partial charge in [-0.3, -0.25) is 14.4 Å². The summed E-state index contributed by atoms with van der Waals surface area (Å²) < 4.78 is 14.4. The van der Waals surface area contributed by atoms with E-state index in [0.717, 1.165) is 10.8 Å². The topological polar surface area (TPSA) is 66.4 Å². The van der Waals surface area contributed by atoms with Crippen LogP contribution in [0.2, 0.25) is 0 Å². The maximum absolute atomic E-state index is 14.4. The summed E-state index contributed by atoms with van der Waals surface area (Å²) in [5, 5.41) is 17.7. The molecular weight excluding hydrogens is 429 g/mol. The second-order valence-corrected chi connectivity index (χ2v) is 11.1. The van der Waals surface area contributed by atoms with Crippen molar-refractivity contribution >= 4 is 34.5 Å². The van der Waals surface area contributed by atoms with Crippen molar-refractivity contribution in [3.8, 4) is 0 Å². The van der Waals surface area contributed by atoms with Crippen molar-refractivity contribution in [2.75, 3.05) is 0 Å². The van der Waals surface area contributed by atoms with E-state index in [9.17, 15) is 14.5 Å². The number of hydrogen-bond acceptors (Lipinski definition) is 3.